The van der Waals surface area contributed by atoms with E-state index in [1.54, 1.807) is 18.2 Å². The van der Waals surface area contributed by atoms with Gasteiger partial charge in [0.25, 0.3) is 5.69 Å². The third kappa shape index (κ3) is 2.18. The van der Waals surface area contributed by atoms with Gasteiger partial charge in [0.15, 0.2) is 11.5 Å². The maximum absolute atomic E-state index is 11.0. The van der Waals surface area contributed by atoms with Gasteiger partial charge < -0.3 is 5.11 Å². The van der Waals surface area contributed by atoms with Crippen molar-refractivity contribution in [3.63, 3.8) is 0 Å². The standard InChI is InChI=1S/C13H8N4O4/c18-13(19)8-5-6-16-11(7-8)14-12(15-16)9-3-1-2-4-10(9)17(20)21/h1-7H,(H,18,19). The van der Waals surface area contributed by atoms with Crippen molar-refractivity contribution < 1.29 is 14.8 Å². The molecule has 0 radical (unpaired) electrons. The van der Waals surface area contributed by atoms with Gasteiger partial charge >= 0.3 is 5.97 Å². The molecule has 0 atom stereocenters. The van der Waals surface area contributed by atoms with Crippen LogP contribution in [-0.4, -0.2) is 30.6 Å². The molecular formula is C13H8N4O4. The van der Waals surface area contributed by atoms with Crippen LogP contribution in [0.15, 0.2) is 42.6 Å². The molecule has 104 valence electrons. The number of nitro groups is 1. The number of rotatable bonds is 3. The maximum Gasteiger partial charge on any atom is 0.335 e. The van der Waals surface area contributed by atoms with Gasteiger partial charge in [0.1, 0.15) is 0 Å². The Morgan fingerprint density at radius 1 is 1.29 bits per heavy atom. The van der Waals surface area contributed by atoms with Crippen LogP contribution in [0.1, 0.15) is 10.4 Å². The number of benzene rings is 1. The molecule has 0 fully saturated rings. The Hall–Kier alpha value is -3.29. The first kappa shape index (κ1) is 12.7. The van der Waals surface area contributed by atoms with E-state index in [1.807, 2.05) is 0 Å². The van der Waals surface area contributed by atoms with E-state index in [4.69, 9.17) is 5.11 Å². The van der Waals surface area contributed by atoms with Crippen molar-refractivity contribution in [1.29, 1.82) is 0 Å². The van der Waals surface area contributed by atoms with Gasteiger partial charge in [-0.2, -0.15) is 0 Å². The SMILES string of the molecule is O=C(O)c1ccn2nc(-c3ccccc3[N+](=O)[O-])nc2c1. The predicted octanol–water partition coefficient (Wildman–Crippen LogP) is 2.00. The number of para-hydroxylation sites is 1. The minimum Gasteiger partial charge on any atom is -0.478 e. The average Bonchev–Trinajstić information content (AvgIpc) is 2.89. The fraction of sp³-hybridized carbons (Fsp3) is 0. The first-order valence-electron chi connectivity index (χ1n) is 5.90. The summed E-state index contributed by atoms with van der Waals surface area (Å²) < 4.78 is 1.37. The number of pyridine rings is 1. The first-order chi connectivity index (χ1) is 10.1. The molecule has 0 aliphatic heterocycles. The molecule has 0 amide bonds. The minimum atomic E-state index is -1.08. The summed E-state index contributed by atoms with van der Waals surface area (Å²) in [7, 11) is 0. The molecule has 2 aromatic heterocycles. The molecule has 3 aromatic rings. The smallest absolute Gasteiger partial charge is 0.335 e. The van der Waals surface area contributed by atoms with Gasteiger partial charge in [-0.3, -0.25) is 10.1 Å². The lowest BCUT2D eigenvalue weighted by Gasteiger charge is -1.96. The average molecular weight is 284 g/mol. The summed E-state index contributed by atoms with van der Waals surface area (Å²) in [6.07, 6.45) is 1.45. The van der Waals surface area contributed by atoms with Crippen LogP contribution in [0, 0.1) is 10.1 Å². The van der Waals surface area contributed by atoms with Crippen LogP contribution in [0.2, 0.25) is 0 Å². The third-order valence-corrected chi connectivity index (χ3v) is 2.93. The summed E-state index contributed by atoms with van der Waals surface area (Å²) in [6.45, 7) is 0. The maximum atomic E-state index is 11.0. The predicted molar refractivity (Wildman–Crippen MR) is 72.0 cm³/mol. The molecule has 0 aliphatic carbocycles. The quantitative estimate of drug-likeness (QED) is 0.581. The van der Waals surface area contributed by atoms with E-state index in [0.717, 1.165) is 0 Å². The second kappa shape index (κ2) is 4.67. The molecule has 0 saturated heterocycles. The topological polar surface area (TPSA) is 111 Å². The van der Waals surface area contributed by atoms with E-state index in [9.17, 15) is 14.9 Å². The van der Waals surface area contributed by atoms with Crippen molar-refractivity contribution in [3.05, 3.63) is 58.3 Å². The Morgan fingerprint density at radius 2 is 2.05 bits per heavy atom. The van der Waals surface area contributed by atoms with Gasteiger partial charge in [-0.05, 0) is 18.2 Å². The third-order valence-electron chi connectivity index (χ3n) is 2.93. The van der Waals surface area contributed by atoms with E-state index in [-0.39, 0.29) is 22.6 Å². The molecule has 1 N–H and O–H groups in total. The van der Waals surface area contributed by atoms with Gasteiger partial charge in [0, 0.05) is 12.3 Å². The lowest BCUT2D eigenvalue weighted by molar-refractivity contribution is -0.384. The van der Waals surface area contributed by atoms with Crippen molar-refractivity contribution >= 4 is 17.3 Å². The summed E-state index contributed by atoms with van der Waals surface area (Å²) in [5.41, 5.74) is 0.557. The largest absolute Gasteiger partial charge is 0.478 e. The summed E-state index contributed by atoms with van der Waals surface area (Å²) >= 11 is 0. The fourth-order valence-electron chi connectivity index (χ4n) is 1.95. The lowest BCUT2D eigenvalue weighted by Crippen LogP contribution is -1.97. The van der Waals surface area contributed by atoms with Gasteiger partial charge in [-0.25, -0.2) is 14.3 Å². The highest BCUT2D eigenvalue weighted by atomic mass is 16.6. The van der Waals surface area contributed by atoms with Gasteiger partial charge in [0.2, 0.25) is 0 Å². The Kier molecular flexibility index (Phi) is 2.83. The zero-order chi connectivity index (χ0) is 15.0. The minimum absolute atomic E-state index is 0.0732. The molecular weight excluding hydrogens is 276 g/mol. The molecule has 0 aliphatic rings. The normalized spacial score (nSPS) is 10.7. The highest BCUT2D eigenvalue weighted by molar-refractivity contribution is 5.88. The second-order valence-corrected chi connectivity index (χ2v) is 4.23. The van der Waals surface area contributed by atoms with Crippen molar-refractivity contribution in [1.82, 2.24) is 14.6 Å². The fourth-order valence-corrected chi connectivity index (χ4v) is 1.95. The zero-order valence-electron chi connectivity index (χ0n) is 10.5. The number of hydrogen-bond acceptors (Lipinski definition) is 5. The second-order valence-electron chi connectivity index (χ2n) is 4.23. The summed E-state index contributed by atoms with van der Waals surface area (Å²) in [5, 5.41) is 24.1. The number of aromatic carboxylic acids is 1. The Morgan fingerprint density at radius 3 is 2.76 bits per heavy atom. The van der Waals surface area contributed by atoms with Crippen LogP contribution < -0.4 is 0 Å². The molecule has 0 unspecified atom stereocenters. The van der Waals surface area contributed by atoms with E-state index < -0.39 is 10.9 Å². The monoisotopic (exact) mass is 284 g/mol. The molecule has 0 spiro atoms. The highest BCUT2D eigenvalue weighted by Crippen LogP contribution is 2.27. The van der Waals surface area contributed by atoms with Gasteiger partial charge in [0.05, 0.1) is 16.1 Å². The molecule has 2 heterocycles. The van der Waals surface area contributed by atoms with Crippen LogP contribution >= 0.6 is 0 Å². The molecule has 1 aromatic carbocycles. The van der Waals surface area contributed by atoms with E-state index in [1.165, 1.54) is 28.9 Å². The highest BCUT2D eigenvalue weighted by Gasteiger charge is 2.18. The number of carboxylic acids is 1. The molecule has 8 heteroatoms. The lowest BCUT2D eigenvalue weighted by atomic mass is 10.2. The molecule has 0 bridgehead atoms. The number of aromatic nitrogens is 3. The van der Waals surface area contributed by atoms with Gasteiger partial charge in [-0.1, -0.05) is 12.1 Å². The Bertz CT molecular complexity index is 871. The van der Waals surface area contributed by atoms with Crippen LogP contribution in [0.5, 0.6) is 0 Å². The number of carboxylic acid groups (broad SMARTS) is 1. The van der Waals surface area contributed by atoms with E-state index in [2.05, 4.69) is 10.1 Å². The summed E-state index contributed by atoms with van der Waals surface area (Å²) in [5.74, 6) is -0.905. The zero-order valence-corrected chi connectivity index (χ0v) is 10.5. The molecule has 8 nitrogen and oxygen atoms in total. The number of carbonyl (C=O) groups is 1. The van der Waals surface area contributed by atoms with E-state index in [0.29, 0.717) is 5.65 Å². The van der Waals surface area contributed by atoms with Crippen molar-refractivity contribution in [2.45, 2.75) is 0 Å². The molecule has 21 heavy (non-hydrogen) atoms. The summed E-state index contributed by atoms with van der Waals surface area (Å²) in [6, 6.07) is 8.85. The molecule has 3 rings (SSSR count). The Balaban J connectivity index is 2.18. The summed E-state index contributed by atoms with van der Waals surface area (Å²) in [4.78, 5) is 25.6. The van der Waals surface area contributed by atoms with Crippen molar-refractivity contribution in [2.75, 3.05) is 0 Å². The van der Waals surface area contributed by atoms with Crippen LogP contribution in [-0.2, 0) is 0 Å². The number of fused-ring (bicyclic) bond motifs is 1. The van der Waals surface area contributed by atoms with Crippen molar-refractivity contribution in [2.24, 2.45) is 0 Å². The number of nitro benzene ring substituents is 1. The van der Waals surface area contributed by atoms with Crippen molar-refractivity contribution in [3.8, 4) is 11.4 Å². The number of hydrogen-bond donors (Lipinski definition) is 1. The van der Waals surface area contributed by atoms with Crippen LogP contribution in [0.4, 0.5) is 5.69 Å². The first-order valence-corrected chi connectivity index (χ1v) is 5.90. The number of nitrogens with zero attached hydrogens (tertiary/aromatic N) is 4. The molecule has 0 saturated carbocycles. The Labute approximate surface area is 117 Å². The van der Waals surface area contributed by atoms with E-state index >= 15 is 0 Å². The van der Waals surface area contributed by atoms with Gasteiger partial charge in [-0.15, -0.1) is 5.10 Å². The van der Waals surface area contributed by atoms with Crippen LogP contribution in [0.3, 0.4) is 0 Å². The van der Waals surface area contributed by atoms with Crippen LogP contribution in [0.25, 0.3) is 17.0 Å².